The Kier molecular flexibility index (Phi) is 6.36. The van der Waals surface area contributed by atoms with Gasteiger partial charge in [-0.05, 0) is 29.8 Å². The molecule has 0 radical (unpaired) electrons. The second-order valence-electron chi connectivity index (χ2n) is 6.25. The van der Waals surface area contributed by atoms with Gasteiger partial charge in [-0.1, -0.05) is 54.1 Å². The number of Topliss-reactive ketones (excluding diaryl/α,β-unsaturated/α-hetero) is 1. The van der Waals surface area contributed by atoms with E-state index in [0.717, 1.165) is 0 Å². The van der Waals surface area contributed by atoms with Crippen LogP contribution >= 0.6 is 11.6 Å². The van der Waals surface area contributed by atoms with Gasteiger partial charge in [0.05, 0.1) is 11.3 Å². The minimum Gasteiger partial charge on any atom is -0.449 e. The van der Waals surface area contributed by atoms with Crippen LogP contribution in [-0.2, 0) is 16.0 Å². The molecule has 1 atom stereocenters. The van der Waals surface area contributed by atoms with Gasteiger partial charge < -0.3 is 4.74 Å². The number of carbonyl (C=O) groups excluding carboxylic acids is 2. The van der Waals surface area contributed by atoms with Gasteiger partial charge in [0.2, 0.25) is 5.78 Å². The minimum absolute atomic E-state index is 0.0390. The molecule has 146 valence electrons. The van der Waals surface area contributed by atoms with Crippen LogP contribution in [0.25, 0.3) is 0 Å². The van der Waals surface area contributed by atoms with E-state index in [1.165, 1.54) is 24.3 Å². The van der Waals surface area contributed by atoms with Crippen molar-refractivity contribution in [1.82, 2.24) is 0 Å². The van der Waals surface area contributed by atoms with Crippen LogP contribution in [0.15, 0.2) is 78.9 Å². The van der Waals surface area contributed by atoms with Crippen LogP contribution in [0.2, 0.25) is 5.02 Å². The summed E-state index contributed by atoms with van der Waals surface area (Å²) in [5.41, 5.74) is 1.30. The van der Waals surface area contributed by atoms with Crippen molar-refractivity contribution in [3.63, 3.8) is 0 Å². The number of ketones is 1. The number of hydrogen-bond acceptors (Lipinski definition) is 5. The summed E-state index contributed by atoms with van der Waals surface area (Å²) < 4.78 is 5.50. The van der Waals surface area contributed by atoms with Crippen LogP contribution in [0.3, 0.4) is 0 Å². The first kappa shape index (κ1) is 20.2. The van der Waals surface area contributed by atoms with Crippen molar-refractivity contribution in [2.24, 2.45) is 0 Å². The summed E-state index contributed by atoms with van der Waals surface area (Å²) in [6.07, 6.45) is -1.25. The number of nitrogens with zero attached hydrogens (tertiary/aromatic N) is 1. The summed E-state index contributed by atoms with van der Waals surface area (Å²) in [6, 6.07) is 20.5. The molecule has 0 bridgehead atoms. The van der Waals surface area contributed by atoms with Gasteiger partial charge in [0, 0.05) is 28.3 Å². The number of benzene rings is 3. The summed E-state index contributed by atoms with van der Waals surface area (Å²) in [7, 11) is 0. The van der Waals surface area contributed by atoms with Crippen molar-refractivity contribution in [2.45, 2.75) is 12.5 Å². The van der Waals surface area contributed by atoms with Crippen molar-refractivity contribution in [1.29, 1.82) is 0 Å². The molecule has 0 aromatic heterocycles. The molecule has 0 fully saturated rings. The van der Waals surface area contributed by atoms with Crippen LogP contribution in [0.4, 0.5) is 5.69 Å². The lowest BCUT2D eigenvalue weighted by atomic mass is 9.99. The van der Waals surface area contributed by atoms with E-state index in [-0.39, 0.29) is 12.1 Å². The van der Waals surface area contributed by atoms with Gasteiger partial charge in [0.1, 0.15) is 0 Å². The number of rotatable bonds is 7. The molecule has 0 unspecified atom stereocenters. The lowest BCUT2D eigenvalue weighted by Crippen LogP contribution is -2.21. The quantitative estimate of drug-likeness (QED) is 0.238. The van der Waals surface area contributed by atoms with E-state index in [1.807, 2.05) is 0 Å². The Hall–Kier alpha value is -3.51. The normalized spacial score (nSPS) is 11.5. The van der Waals surface area contributed by atoms with E-state index in [9.17, 15) is 19.7 Å². The molecule has 0 aliphatic rings. The van der Waals surface area contributed by atoms with Gasteiger partial charge in [-0.25, -0.2) is 0 Å². The fourth-order valence-electron chi connectivity index (χ4n) is 2.74. The molecule has 0 saturated heterocycles. The molecule has 0 aliphatic heterocycles. The third-order valence-corrected chi connectivity index (χ3v) is 4.47. The number of halogens is 1. The average molecular weight is 410 g/mol. The van der Waals surface area contributed by atoms with Gasteiger partial charge in [0.15, 0.2) is 6.10 Å². The van der Waals surface area contributed by atoms with Gasteiger partial charge in [-0.15, -0.1) is 0 Å². The monoisotopic (exact) mass is 409 g/mol. The maximum absolute atomic E-state index is 13.0. The Balaban J connectivity index is 1.85. The van der Waals surface area contributed by atoms with E-state index in [1.54, 1.807) is 54.6 Å². The standard InChI is InChI=1S/C22H16ClNO5/c23-18-10-6-15(7-11-18)14-20(25)29-22(21(26)16-4-2-1-3-5-16)17-8-12-19(13-9-17)24(27)28/h1-13,22H,14H2/t22-/m1/s1. The smallest absolute Gasteiger partial charge is 0.311 e. The van der Waals surface area contributed by atoms with E-state index >= 15 is 0 Å². The fraction of sp³-hybridized carbons (Fsp3) is 0.0909. The Morgan fingerprint density at radius 2 is 1.55 bits per heavy atom. The summed E-state index contributed by atoms with van der Waals surface area (Å²) >= 11 is 5.85. The SMILES string of the molecule is O=C(Cc1ccc(Cl)cc1)O[C@@H](C(=O)c1ccccc1)c1ccc([N+](=O)[O-])cc1. The molecule has 6 nitrogen and oxygen atoms in total. The van der Waals surface area contributed by atoms with Crippen molar-refractivity contribution in [2.75, 3.05) is 0 Å². The van der Waals surface area contributed by atoms with Crippen LogP contribution in [0.1, 0.15) is 27.6 Å². The topological polar surface area (TPSA) is 86.5 Å². The van der Waals surface area contributed by atoms with Crippen molar-refractivity contribution in [3.05, 3.63) is 111 Å². The van der Waals surface area contributed by atoms with Crippen LogP contribution in [-0.4, -0.2) is 16.7 Å². The van der Waals surface area contributed by atoms with E-state index in [4.69, 9.17) is 16.3 Å². The third-order valence-electron chi connectivity index (χ3n) is 4.21. The molecule has 7 heteroatoms. The van der Waals surface area contributed by atoms with Crippen molar-refractivity contribution < 1.29 is 19.2 Å². The fourth-order valence-corrected chi connectivity index (χ4v) is 2.87. The highest BCUT2D eigenvalue weighted by Crippen LogP contribution is 2.25. The molecule has 0 saturated carbocycles. The second-order valence-corrected chi connectivity index (χ2v) is 6.69. The molecule has 3 rings (SSSR count). The van der Waals surface area contributed by atoms with E-state index < -0.39 is 22.8 Å². The Morgan fingerprint density at radius 1 is 0.931 bits per heavy atom. The Bertz CT molecular complexity index is 1020. The average Bonchev–Trinajstić information content (AvgIpc) is 2.74. The van der Waals surface area contributed by atoms with Crippen molar-refractivity contribution in [3.8, 4) is 0 Å². The predicted octanol–water partition coefficient (Wildman–Crippen LogP) is 4.96. The molecule has 0 amide bonds. The maximum atomic E-state index is 13.0. The number of hydrogen-bond donors (Lipinski definition) is 0. The number of ether oxygens (including phenoxy) is 1. The highest BCUT2D eigenvalue weighted by atomic mass is 35.5. The highest BCUT2D eigenvalue weighted by molar-refractivity contribution is 6.30. The second kappa shape index (κ2) is 9.12. The first-order valence-corrected chi connectivity index (χ1v) is 9.09. The van der Waals surface area contributed by atoms with Crippen molar-refractivity contribution >= 4 is 29.0 Å². The zero-order valence-corrected chi connectivity index (χ0v) is 15.9. The van der Waals surface area contributed by atoms with Crippen LogP contribution in [0.5, 0.6) is 0 Å². The number of nitro benzene ring substituents is 1. The van der Waals surface area contributed by atoms with Gasteiger partial charge in [-0.2, -0.15) is 0 Å². The van der Waals surface area contributed by atoms with Gasteiger partial charge >= 0.3 is 5.97 Å². The lowest BCUT2D eigenvalue weighted by Gasteiger charge is -2.17. The zero-order chi connectivity index (χ0) is 20.8. The van der Waals surface area contributed by atoms with E-state index in [0.29, 0.717) is 21.7 Å². The number of esters is 1. The molecule has 0 N–H and O–H groups in total. The van der Waals surface area contributed by atoms with Crippen LogP contribution in [0, 0.1) is 10.1 Å². The molecule has 0 aliphatic carbocycles. The summed E-state index contributed by atoms with van der Waals surface area (Å²) in [5.74, 6) is -1.01. The predicted molar refractivity (Wildman–Crippen MR) is 108 cm³/mol. The molecular formula is C22H16ClNO5. The summed E-state index contributed by atoms with van der Waals surface area (Å²) in [6.45, 7) is 0. The van der Waals surface area contributed by atoms with Crippen LogP contribution < -0.4 is 0 Å². The molecule has 3 aromatic carbocycles. The van der Waals surface area contributed by atoms with E-state index in [2.05, 4.69) is 0 Å². The first-order chi connectivity index (χ1) is 13.9. The Morgan fingerprint density at radius 3 is 2.14 bits per heavy atom. The number of carbonyl (C=O) groups is 2. The summed E-state index contributed by atoms with van der Waals surface area (Å²) in [4.78, 5) is 35.8. The molecule has 0 heterocycles. The number of nitro groups is 1. The lowest BCUT2D eigenvalue weighted by molar-refractivity contribution is -0.384. The largest absolute Gasteiger partial charge is 0.449 e. The minimum atomic E-state index is -1.21. The highest BCUT2D eigenvalue weighted by Gasteiger charge is 2.26. The molecular weight excluding hydrogens is 394 g/mol. The Labute approximate surface area is 171 Å². The third kappa shape index (κ3) is 5.27. The van der Waals surface area contributed by atoms with Gasteiger partial charge in [0.25, 0.3) is 5.69 Å². The first-order valence-electron chi connectivity index (χ1n) is 8.71. The molecule has 0 spiro atoms. The summed E-state index contributed by atoms with van der Waals surface area (Å²) in [5, 5.41) is 11.4. The number of non-ortho nitro benzene ring substituents is 1. The molecule has 3 aromatic rings. The zero-order valence-electron chi connectivity index (χ0n) is 15.2. The maximum Gasteiger partial charge on any atom is 0.311 e. The molecule has 29 heavy (non-hydrogen) atoms. The van der Waals surface area contributed by atoms with Gasteiger partial charge in [-0.3, -0.25) is 19.7 Å².